The number of nitrogens with one attached hydrogen (secondary N) is 2. The monoisotopic (exact) mass is 493 g/mol. The topological polar surface area (TPSA) is 105 Å². The Bertz CT molecular complexity index is 2110. The van der Waals surface area contributed by atoms with Gasteiger partial charge in [0, 0.05) is 39.2 Å². The van der Waals surface area contributed by atoms with Crippen molar-refractivity contribution in [1.29, 1.82) is 0 Å². The summed E-state index contributed by atoms with van der Waals surface area (Å²) >= 11 is 1.50. The van der Waals surface area contributed by atoms with Crippen molar-refractivity contribution in [2.24, 2.45) is 5.92 Å². The van der Waals surface area contributed by atoms with Crippen LogP contribution in [0.25, 0.3) is 64.4 Å². The smallest absolute Gasteiger partial charge is 0.235 e. The number of nitrogens with zero attached hydrogens (tertiary/aromatic N) is 5. The molecule has 6 heterocycles. The van der Waals surface area contributed by atoms with Gasteiger partial charge >= 0.3 is 0 Å². The molecule has 7 aromatic rings. The molecular weight excluding hydrogens is 477 g/mol. The SMILES string of the molecule is O=C(C1CC1)n1c2cncc(c2)c2ccc3[nH]nc(c4nc5c(nccc5c5ccc1s5)[nH]4)c3c2F. The number of fused-ring (bicyclic) bond motifs is 9. The third kappa shape index (κ3) is 2.75. The number of halogens is 1. The molecule has 0 spiro atoms. The van der Waals surface area contributed by atoms with Gasteiger partial charge in [-0.05, 0) is 49.2 Å². The number of aromatic amines is 2. The Kier molecular flexibility index (Phi) is 3.88. The molecule has 1 aliphatic rings. The summed E-state index contributed by atoms with van der Waals surface area (Å²) in [5, 5.41) is 9.46. The van der Waals surface area contributed by atoms with E-state index >= 15 is 4.39 Å². The molecule has 1 aromatic carbocycles. The third-order valence-corrected chi connectivity index (χ3v) is 7.90. The molecule has 8 nitrogen and oxygen atoms in total. The number of carbonyl (C=O) groups excluding carboxylic acids is 1. The maximum Gasteiger partial charge on any atom is 0.235 e. The van der Waals surface area contributed by atoms with E-state index in [1.54, 1.807) is 35.3 Å². The molecule has 1 fully saturated rings. The number of rotatable bonds is 1. The first-order chi connectivity index (χ1) is 17.7. The molecule has 0 atom stereocenters. The fraction of sp³-hybridized carbons (Fsp3) is 0.115. The number of carbonyl (C=O) groups is 1. The lowest BCUT2D eigenvalue weighted by Crippen LogP contribution is -2.12. The van der Waals surface area contributed by atoms with Crippen molar-refractivity contribution in [3.8, 4) is 0 Å². The average Bonchev–Trinajstić information content (AvgIpc) is 3.26. The second-order valence-electron chi connectivity index (χ2n) is 9.08. The van der Waals surface area contributed by atoms with Gasteiger partial charge in [0.15, 0.2) is 11.3 Å². The number of aromatic nitrogens is 7. The first kappa shape index (κ1) is 19.8. The zero-order valence-electron chi connectivity index (χ0n) is 18.6. The zero-order chi connectivity index (χ0) is 24.0. The van der Waals surface area contributed by atoms with Gasteiger partial charge in [-0.1, -0.05) is 0 Å². The highest BCUT2D eigenvalue weighted by molar-refractivity contribution is 7.24. The first-order valence-corrected chi connectivity index (χ1v) is 12.4. The van der Waals surface area contributed by atoms with Crippen LogP contribution in [0.2, 0.25) is 0 Å². The molecule has 174 valence electrons. The summed E-state index contributed by atoms with van der Waals surface area (Å²) in [5.74, 6) is -0.414. The van der Waals surface area contributed by atoms with Gasteiger partial charge in [-0.2, -0.15) is 5.10 Å². The van der Waals surface area contributed by atoms with E-state index in [0.717, 1.165) is 27.8 Å². The third-order valence-electron chi connectivity index (χ3n) is 6.79. The molecule has 10 heteroatoms. The first-order valence-electron chi connectivity index (χ1n) is 11.6. The predicted molar refractivity (Wildman–Crippen MR) is 138 cm³/mol. The van der Waals surface area contributed by atoms with E-state index < -0.39 is 5.82 Å². The van der Waals surface area contributed by atoms with Crippen LogP contribution in [0.3, 0.4) is 0 Å². The minimum atomic E-state index is -0.434. The van der Waals surface area contributed by atoms with Gasteiger partial charge in [0.05, 0.1) is 22.6 Å². The lowest BCUT2D eigenvalue weighted by Gasteiger charge is -2.07. The van der Waals surface area contributed by atoms with Crippen molar-refractivity contribution in [2.45, 2.75) is 12.8 Å². The van der Waals surface area contributed by atoms with Crippen LogP contribution in [0.1, 0.15) is 17.6 Å². The summed E-state index contributed by atoms with van der Waals surface area (Å²) in [6.07, 6.45) is 6.73. The summed E-state index contributed by atoms with van der Waals surface area (Å²) in [6, 6.07) is 11.2. The van der Waals surface area contributed by atoms with Crippen molar-refractivity contribution >= 4 is 81.7 Å². The van der Waals surface area contributed by atoms with E-state index in [4.69, 9.17) is 4.98 Å². The van der Waals surface area contributed by atoms with Gasteiger partial charge < -0.3 is 4.98 Å². The molecule has 2 N–H and O–H groups in total. The highest BCUT2D eigenvalue weighted by Crippen LogP contribution is 2.35. The highest BCUT2D eigenvalue weighted by Gasteiger charge is 2.31. The van der Waals surface area contributed by atoms with E-state index in [2.05, 4.69) is 25.1 Å². The molecule has 1 aliphatic carbocycles. The Hall–Kier alpha value is -4.44. The molecule has 6 aromatic heterocycles. The molecule has 0 saturated heterocycles. The van der Waals surface area contributed by atoms with Gasteiger partial charge in [0.25, 0.3) is 0 Å². The minimum absolute atomic E-state index is 0.00982. The van der Waals surface area contributed by atoms with Gasteiger partial charge in [-0.3, -0.25) is 19.4 Å². The number of benzene rings is 1. The van der Waals surface area contributed by atoms with Crippen LogP contribution in [0, 0.1) is 11.7 Å². The highest BCUT2D eigenvalue weighted by atomic mass is 32.1. The lowest BCUT2D eigenvalue weighted by atomic mass is 10.1. The van der Waals surface area contributed by atoms with Gasteiger partial charge in [0.1, 0.15) is 21.7 Å². The van der Waals surface area contributed by atoms with Crippen LogP contribution < -0.4 is 0 Å². The van der Waals surface area contributed by atoms with Crippen LogP contribution in [-0.4, -0.2) is 40.6 Å². The van der Waals surface area contributed by atoms with E-state index in [1.807, 2.05) is 24.3 Å². The fourth-order valence-corrected chi connectivity index (χ4v) is 5.91. The van der Waals surface area contributed by atoms with Crippen LogP contribution in [0.15, 0.2) is 55.0 Å². The van der Waals surface area contributed by atoms with E-state index in [0.29, 0.717) is 49.5 Å². The Balaban J connectivity index is 1.67. The van der Waals surface area contributed by atoms with E-state index in [-0.39, 0.29) is 11.8 Å². The predicted octanol–water partition coefficient (Wildman–Crippen LogP) is 6.02. The minimum Gasteiger partial charge on any atom is -0.321 e. The largest absolute Gasteiger partial charge is 0.321 e. The zero-order valence-corrected chi connectivity index (χ0v) is 19.4. The van der Waals surface area contributed by atoms with Crippen molar-refractivity contribution in [2.75, 3.05) is 0 Å². The molecule has 1 saturated carbocycles. The van der Waals surface area contributed by atoms with Crippen LogP contribution >= 0.6 is 11.3 Å². The molecule has 36 heavy (non-hydrogen) atoms. The Morgan fingerprint density at radius 2 is 1.97 bits per heavy atom. The van der Waals surface area contributed by atoms with Gasteiger partial charge in [-0.25, -0.2) is 14.4 Å². The second kappa shape index (κ2) is 7.05. The van der Waals surface area contributed by atoms with Crippen LogP contribution in [0.4, 0.5) is 4.39 Å². The average molecular weight is 494 g/mol. The Morgan fingerprint density at radius 1 is 1.06 bits per heavy atom. The number of hydrogen-bond acceptors (Lipinski definition) is 6. The number of thiophene rings is 1. The standard InChI is InChI=1S/C26H16FN7OS/c27-21-15-3-4-17-20(21)23(33-32-17)25-30-22-16(7-8-29-24(22)31-25)18-5-6-19(36-18)34(26(35)12-1-2-12)14-9-13(15)10-28-11-14/h3-12H,1-2H2,(H,32,33)(H,29,30,31). The molecule has 0 aliphatic heterocycles. The van der Waals surface area contributed by atoms with Crippen LogP contribution in [0.5, 0.6) is 0 Å². The van der Waals surface area contributed by atoms with Crippen molar-refractivity contribution in [3.05, 3.63) is 60.8 Å². The lowest BCUT2D eigenvalue weighted by molar-refractivity contribution is 0.0896. The number of H-pyrrole nitrogens is 2. The second-order valence-corrected chi connectivity index (χ2v) is 10.1. The fourth-order valence-electron chi connectivity index (χ4n) is 4.85. The van der Waals surface area contributed by atoms with E-state index in [1.165, 1.54) is 11.3 Å². The number of hydrogen-bond donors (Lipinski definition) is 2. The molecular formula is C26H16FN7OS. The Labute approximate surface area is 205 Å². The van der Waals surface area contributed by atoms with Crippen molar-refractivity contribution < 1.29 is 9.18 Å². The van der Waals surface area contributed by atoms with Crippen molar-refractivity contribution in [3.63, 3.8) is 0 Å². The quantitative estimate of drug-likeness (QED) is 0.291. The normalized spacial score (nSPS) is 14.0. The molecule has 8 bridgehead atoms. The number of pyridine rings is 2. The summed E-state index contributed by atoms with van der Waals surface area (Å²) < 4.78 is 18.8. The number of imidazole rings is 1. The van der Waals surface area contributed by atoms with Crippen molar-refractivity contribution in [1.82, 2.24) is 34.7 Å². The molecule has 0 amide bonds. The molecule has 0 radical (unpaired) electrons. The Morgan fingerprint density at radius 3 is 2.86 bits per heavy atom. The van der Waals surface area contributed by atoms with Crippen LogP contribution in [-0.2, 0) is 0 Å². The maximum absolute atomic E-state index is 16.1. The summed E-state index contributed by atoms with van der Waals surface area (Å²) in [4.78, 5) is 31.1. The summed E-state index contributed by atoms with van der Waals surface area (Å²) in [6.45, 7) is 0. The van der Waals surface area contributed by atoms with Gasteiger partial charge in [0.2, 0.25) is 5.91 Å². The summed E-state index contributed by atoms with van der Waals surface area (Å²) in [5.41, 5.74) is 3.21. The molecule has 0 unspecified atom stereocenters. The maximum atomic E-state index is 16.1. The van der Waals surface area contributed by atoms with Gasteiger partial charge in [-0.15, -0.1) is 11.3 Å². The summed E-state index contributed by atoms with van der Waals surface area (Å²) in [7, 11) is 0. The van der Waals surface area contributed by atoms with E-state index in [9.17, 15) is 4.79 Å². The molecule has 8 rings (SSSR count).